The van der Waals surface area contributed by atoms with E-state index in [0.717, 1.165) is 55.5 Å². The summed E-state index contributed by atoms with van der Waals surface area (Å²) in [5, 5.41) is 2.71. The van der Waals surface area contributed by atoms with Crippen molar-refractivity contribution in [2.24, 2.45) is 5.92 Å². The Bertz CT molecular complexity index is 1400. The molecule has 10 nitrogen and oxygen atoms in total. The predicted molar refractivity (Wildman–Crippen MR) is 169 cm³/mol. The fourth-order valence-electron chi connectivity index (χ4n) is 5.78. The van der Waals surface area contributed by atoms with Crippen LogP contribution in [-0.4, -0.2) is 69.9 Å². The number of ether oxygens (including phenoxy) is 3. The zero-order valence-electron chi connectivity index (χ0n) is 26.3. The molecule has 1 saturated carbocycles. The molecule has 1 N–H and O–H groups in total. The molecule has 10 heteroatoms. The van der Waals surface area contributed by atoms with Crippen LogP contribution < -0.4 is 10.1 Å². The van der Waals surface area contributed by atoms with Crippen LogP contribution in [0.5, 0.6) is 5.88 Å². The van der Waals surface area contributed by atoms with Gasteiger partial charge in [-0.05, 0) is 76.8 Å². The first-order chi connectivity index (χ1) is 21.4. The zero-order valence-corrected chi connectivity index (χ0v) is 26.3. The summed E-state index contributed by atoms with van der Waals surface area (Å²) in [7, 11) is 0. The molecule has 2 fully saturated rings. The summed E-state index contributed by atoms with van der Waals surface area (Å²) in [4.78, 5) is 37.5. The van der Waals surface area contributed by atoms with Gasteiger partial charge in [0.15, 0.2) is 17.8 Å². The molecule has 3 atom stereocenters. The number of aromatic nitrogens is 3. The van der Waals surface area contributed by atoms with Gasteiger partial charge >= 0.3 is 0 Å². The molecule has 2 aliphatic rings. The minimum Gasteiger partial charge on any atom is -0.474 e. The molecule has 0 radical (unpaired) electrons. The summed E-state index contributed by atoms with van der Waals surface area (Å²) in [6, 6.07) is 13.6. The van der Waals surface area contributed by atoms with Crippen LogP contribution in [0.15, 0.2) is 42.5 Å². The van der Waals surface area contributed by atoms with Crippen LogP contribution in [0.3, 0.4) is 0 Å². The van der Waals surface area contributed by atoms with Crippen LogP contribution in [0.1, 0.15) is 81.0 Å². The van der Waals surface area contributed by atoms with Crippen molar-refractivity contribution in [3.05, 3.63) is 59.4 Å². The molecule has 3 aromatic rings. The molecular weight excluding hydrogens is 558 g/mol. The molecule has 0 bridgehead atoms. The highest BCUT2D eigenvalue weighted by Gasteiger charge is 2.31. The van der Waals surface area contributed by atoms with Gasteiger partial charge in [-0.25, -0.2) is 9.97 Å². The molecule has 1 saturated heterocycles. The standard InChI is InChI=1S/C34H45N5O5/c1-23(2)38(18-10-20-43-30-13-8-9-19-42-30)34(41)31-32(35-22-40)37-33(39(31)21-26-11-6-5-7-12-26)27-15-17-29(36-25(27)4)44-28-16-14-24(28)3/h5-7,11-12,15,17,22-24,28,30H,8-10,13-14,16,18-21H2,1-4H3,(H,35,40). The van der Waals surface area contributed by atoms with Crippen LogP contribution in [0, 0.1) is 12.8 Å². The molecule has 3 heterocycles. The van der Waals surface area contributed by atoms with Gasteiger partial charge in [0.05, 0.1) is 12.3 Å². The highest BCUT2D eigenvalue weighted by Crippen LogP contribution is 2.33. The number of amides is 2. The Labute approximate surface area is 260 Å². The smallest absolute Gasteiger partial charge is 0.274 e. The maximum Gasteiger partial charge on any atom is 0.274 e. The summed E-state index contributed by atoms with van der Waals surface area (Å²) in [6.45, 7) is 10.2. The quantitative estimate of drug-likeness (QED) is 0.182. The molecular formula is C34H45N5O5. The monoisotopic (exact) mass is 603 g/mol. The van der Waals surface area contributed by atoms with Crippen molar-refractivity contribution in [1.82, 2.24) is 19.4 Å². The van der Waals surface area contributed by atoms with E-state index in [4.69, 9.17) is 24.2 Å². The fraction of sp³-hybridized carbons (Fsp3) is 0.529. The predicted octanol–water partition coefficient (Wildman–Crippen LogP) is 5.83. The Morgan fingerprint density at radius 1 is 1.14 bits per heavy atom. The summed E-state index contributed by atoms with van der Waals surface area (Å²) in [5.41, 5.74) is 2.82. The van der Waals surface area contributed by atoms with Gasteiger partial charge in [-0.3, -0.25) is 9.59 Å². The lowest BCUT2D eigenvalue weighted by Gasteiger charge is -2.33. The number of hydrogen-bond acceptors (Lipinski definition) is 7. The molecule has 1 aliphatic carbocycles. The van der Waals surface area contributed by atoms with Crippen molar-refractivity contribution >= 4 is 18.1 Å². The van der Waals surface area contributed by atoms with Crippen molar-refractivity contribution in [2.75, 3.05) is 25.1 Å². The minimum absolute atomic E-state index is 0.0882. The second-order valence-corrected chi connectivity index (χ2v) is 12.1. The Kier molecular flexibility index (Phi) is 10.7. The molecule has 0 spiro atoms. The van der Waals surface area contributed by atoms with Gasteiger partial charge in [-0.15, -0.1) is 0 Å². The number of benzene rings is 1. The highest BCUT2D eigenvalue weighted by atomic mass is 16.7. The lowest BCUT2D eigenvalue weighted by Crippen LogP contribution is -2.39. The Balaban J connectivity index is 1.46. The average Bonchev–Trinajstić information content (AvgIpc) is 3.36. The van der Waals surface area contributed by atoms with Crippen molar-refractivity contribution in [1.29, 1.82) is 0 Å². The van der Waals surface area contributed by atoms with E-state index in [2.05, 4.69) is 12.2 Å². The third-order valence-corrected chi connectivity index (χ3v) is 8.53. The SMILES string of the molecule is Cc1nc(OC2CCC2C)ccc1-c1nc(NC=O)c(C(=O)N(CCCOC2CCCCO2)C(C)C)n1Cc1ccccc1. The molecule has 1 aliphatic heterocycles. The van der Waals surface area contributed by atoms with Crippen molar-refractivity contribution in [3.63, 3.8) is 0 Å². The maximum atomic E-state index is 14.4. The molecule has 2 amide bonds. The zero-order chi connectivity index (χ0) is 31.1. The maximum absolute atomic E-state index is 14.4. The van der Waals surface area contributed by atoms with E-state index >= 15 is 0 Å². The number of carbonyl (C=O) groups is 2. The average molecular weight is 604 g/mol. The van der Waals surface area contributed by atoms with Crippen molar-refractivity contribution in [3.8, 4) is 17.3 Å². The van der Waals surface area contributed by atoms with E-state index in [1.165, 1.54) is 0 Å². The van der Waals surface area contributed by atoms with E-state index in [1.54, 1.807) is 0 Å². The first-order valence-electron chi connectivity index (χ1n) is 15.9. The number of carbonyl (C=O) groups excluding carboxylic acids is 2. The minimum atomic E-state index is -0.211. The van der Waals surface area contributed by atoms with Crippen LogP contribution >= 0.6 is 0 Å². The topological polar surface area (TPSA) is 108 Å². The number of nitrogens with zero attached hydrogens (tertiary/aromatic N) is 4. The lowest BCUT2D eigenvalue weighted by molar-refractivity contribution is -0.163. The number of rotatable bonds is 14. The second kappa shape index (κ2) is 14.8. The summed E-state index contributed by atoms with van der Waals surface area (Å²) >= 11 is 0. The van der Waals surface area contributed by atoms with Gasteiger partial charge in [-0.2, -0.15) is 0 Å². The van der Waals surface area contributed by atoms with Crippen LogP contribution in [0.25, 0.3) is 11.4 Å². The van der Waals surface area contributed by atoms with E-state index in [1.807, 2.05) is 72.7 Å². The number of pyridine rings is 1. The fourth-order valence-corrected chi connectivity index (χ4v) is 5.78. The molecule has 44 heavy (non-hydrogen) atoms. The molecule has 236 valence electrons. The normalized spacial score (nSPS) is 19.8. The molecule has 5 rings (SSSR count). The number of aryl methyl sites for hydroxylation is 1. The second-order valence-electron chi connectivity index (χ2n) is 12.1. The number of hydrogen-bond donors (Lipinski definition) is 1. The van der Waals surface area contributed by atoms with E-state index < -0.39 is 0 Å². The van der Waals surface area contributed by atoms with Crippen molar-refractivity contribution < 1.29 is 23.8 Å². The van der Waals surface area contributed by atoms with Gasteiger partial charge in [0.25, 0.3) is 5.91 Å². The van der Waals surface area contributed by atoms with Gasteiger partial charge in [0.2, 0.25) is 12.3 Å². The van der Waals surface area contributed by atoms with Gasteiger partial charge in [0.1, 0.15) is 11.9 Å². The molecule has 1 aromatic carbocycles. The number of imidazole rings is 1. The summed E-state index contributed by atoms with van der Waals surface area (Å²) in [6.07, 6.45) is 6.50. The van der Waals surface area contributed by atoms with Crippen molar-refractivity contribution in [2.45, 2.75) is 91.2 Å². The van der Waals surface area contributed by atoms with Crippen LogP contribution in [0.2, 0.25) is 0 Å². The third-order valence-electron chi connectivity index (χ3n) is 8.53. The lowest BCUT2D eigenvalue weighted by atomic mass is 9.84. The van der Waals surface area contributed by atoms with Crippen LogP contribution in [-0.2, 0) is 20.8 Å². The van der Waals surface area contributed by atoms with Gasteiger partial charge < -0.3 is 29.0 Å². The molecule has 2 aromatic heterocycles. The van der Waals surface area contributed by atoms with E-state index in [0.29, 0.717) is 55.8 Å². The number of anilines is 1. The number of nitrogens with one attached hydrogen (secondary N) is 1. The Morgan fingerprint density at radius 2 is 1.95 bits per heavy atom. The largest absolute Gasteiger partial charge is 0.474 e. The summed E-state index contributed by atoms with van der Waals surface area (Å²) in [5.74, 6) is 1.66. The first kappa shape index (κ1) is 31.7. The summed E-state index contributed by atoms with van der Waals surface area (Å²) < 4.78 is 19.7. The van der Waals surface area contributed by atoms with Gasteiger partial charge in [0, 0.05) is 37.4 Å². The van der Waals surface area contributed by atoms with E-state index in [-0.39, 0.29) is 30.2 Å². The first-order valence-corrected chi connectivity index (χ1v) is 15.9. The highest BCUT2D eigenvalue weighted by molar-refractivity contribution is 6.00. The van der Waals surface area contributed by atoms with E-state index in [9.17, 15) is 9.59 Å². The molecule has 3 unspecified atom stereocenters. The third kappa shape index (κ3) is 7.47. The Hall–Kier alpha value is -3.76. The van der Waals surface area contributed by atoms with Crippen LogP contribution in [0.4, 0.5) is 5.82 Å². The van der Waals surface area contributed by atoms with Gasteiger partial charge in [-0.1, -0.05) is 37.3 Å². The Morgan fingerprint density at radius 3 is 2.59 bits per heavy atom.